The Kier molecular flexibility index (Phi) is 8.31. The Labute approximate surface area is 243 Å². The number of aldehydes is 1. The van der Waals surface area contributed by atoms with Gasteiger partial charge in [-0.3, -0.25) is 24.8 Å². The molecule has 0 radical (unpaired) electrons. The number of anilines is 1. The van der Waals surface area contributed by atoms with Gasteiger partial charge in [-0.2, -0.15) is 0 Å². The fourth-order valence-electron chi connectivity index (χ4n) is 4.80. The molecule has 1 aliphatic heterocycles. The number of benzene rings is 1. The number of aliphatic hydroxyl groups is 1. The van der Waals surface area contributed by atoms with Crippen LogP contribution < -0.4 is 5.32 Å². The summed E-state index contributed by atoms with van der Waals surface area (Å²) in [6.45, 7) is 8.53. The van der Waals surface area contributed by atoms with E-state index in [1.807, 2.05) is 10.6 Å². The van der Waals surface area contributed by atoms with Crippen LogP contribution in [0.25, 0.3) is 11.0 Å². The van der Waals surface area contributed by atoms with E-state index in [0.29, 0.717) is 29.0 Å². The lowest BCUT2D eigenvalue weighted by atomic mass is 10.1. The Balaban J connectivity index is 1.40. The topological polar surface area (TPSA) is 137 Å². The van der Waals surface area contributed by atoms with Crippen LogP contribution in [0.4, 0.5) is 5.95 Å². The van der Waals surface area contributed by atoms with Gasteiger partial charge in [0.2, 0.25) is 5.95 Å². The zero-order valence-electron chi connectivity index (χ0n) is 23.8. The van der Waals surface area contributed by atoms with Crippen molar-refractivity contribution < 1.29 is 19.8 Å². The summed E-state index contributed by atoms with van der Waals surface area (Å²) in [5.74, 6) is 5.23. The summed E-state index contributed by atoms with van der Waals surface area (Å²) in [6, 6.07) is 9.16. The summed E-state index contributed by atoms with van der Waals surface area (Å²) < 4.78 is 1.83. The Bertz CT molecular complexity index is 1690. The highest BCUT2D eigenvalue weighted by molar-refractivity contribution is 6.04. The monoisotopic (exact) mass is 567 g/mol. The predicted molar refractivity (Wildman–Crippen MR) is 158 cm³/mol. The molecule has 0 unspecified atom stereocenters. The number of pyridine rings is 2. The summed E-state index contributed by atoms with van der Waals surface area (Å²) in [6.07, 6.45) is 4.51. The molecule has 1 amide bonds. The molecule has 0 spiro atoms. The Morgan fingerprint density at radius 2 is 1.90 bits per heavy atom. The van der Waals surface area contributed by atoms with Crippen molar-refractivity contribution in [2.24, 2.45) is 0 Å². The molecular weight excluding hydrogens is 534 g/mol. The van der Waals surface area contributed by atoms with E-state index in [1.165, 1.54) is 18.5 Å². The summed E-state index contributed by atoms with van der Waals surface area (Å²) in [5, 5.41) is 23.4. The lowest BCUT2D eigenvalue weighted by molar-refractivity contribution is 0.0630. The van der Waals surface area contributed by atoms with Gasteiger partial charge >= 0.3 is 0 Å². The number of carbonyl (C=O) groups is 2. The van der Waals surface area contributed by atoms with Gasteiger partial charge in [0.1, 0.15) is 11.4 Å². The van der Waals surface area contributed by atoms with E-state index in [-0.39, 0.29) is 23.4 Å². The highest BCUT2D eigenvalue weighted by atomic mass is 16.3. The van der Waals surface area contributed by atoms with Gasteiger partial charge in [-0.15, -0.1) is 0 Å². The normalized spacial score (nSPS) is 14.4. The van der Waals surface area contributed by atoms with E-state index in [1.54, 1.807) is 19.9 Å². The standard InChI is InChI=1S/C31H33N7O4/c1-31(2,42)20-38-27-14-21(18-37-12-10-36(3)11-13-37)4-7-26(27)34-30(38)35-29(41)22-8-9-33-24(15-22)6-5-23-16-32-17-28(40)25(23)19-39/h4,7-9,14-17,19,40,42H,10-13,18,20H2,1-3H3,(H,34,35,41). The first-order valence-electron chi connectivity index (χ1n) is 13.6. The number of amides is 1. The van der Waals surface area contributed by atoms with Crippen molar-refractivity contribution in [3.8, 4) is 17.6 Å². The average Bonchev–Trinajstić information content (AvgIpc) is 3.27. The Hall–Kier alpha value is -4.63. The van der Waals surface area contributed by atoms with Crippen molar-refractivity contribution in [3.63, 3.8) is 0 Å². The van der Waals surface area contributed by atoms with Gasteiger partial charge < -0.3 is 19.7 Å². The third-order valence-corrected chi connectivity index (χ3v) is 7.02. The summed E-state index contributed by atoms with van der Waals surface area (Å²) in [7, 11) is 2.13. The number of rotatable bonds is 7. The molecule has 11 heteroatoms. The number of carbonyl (C=O) groups excluding carboxylic acids is 2. The van der Waals surface area contributed by atoms with Gasteiger partial charge in [0.25, 0.3) is 5.91 Å². The second kappa shape index (κ2) is 12.1. The first kappa shape index (κ1) is 28.9. The third-order valence-electron chi connectivity index (χ3n) is 7.02. The number of nitrogens with one attached hydrogen (secondary N) is 1. The van der Waals surface area contributed by atoms with Crippen LogP contribution in [0.1, 0.15) is 51.4 Å². The summed E-state index contributed by atoms with van der Waals surface area (Å²) in [5.41, 5.74) is 2.49. The third kappa shape index (κ3) is 6.80. The lowest BCUT2D eigenvalue weighted by Crippen LogP contribution is -2.43. The van der Waals surface area contributed by atoms with Crippen LogP contribution in [0.2, 0.25) is 0 Å². The van der Waals surface area contributed by atoms with Gasteiger partial charge in [0.05, 0.1) is 40.5 Å². The van der Waals surface area contributed by atoms with E-state index < -0.39 is 11.5 Å². The molecule has 11 nitrogen and oxygen atoms in total. The van der Waals surface area contributed by atoms with Crippen LogP contribution in [0.15, 0.2) is 48.9 Å². The lowest BCUT2D eigenvalue weighted by Gasteiger charge is -2.32. The number of nitrogens with zero attached hydrogens (tertiary/aromatic N) is 6. The maximum absolute atomic E-state index is 13.3. The smallest absolute Gasteiger partial charge is 0.258 e. The van der Waals surface area contributed by atoms with E-state index in [9.17, 15) is 19.8 Å². The molecule has 0 bridgehead atoms. The molecule has 0 saturated carbocycles. The molecule has 1 saturated heterocycles. The highest BCUT2D eigenvalue weighted by Gasteiger charge is 2.22. The second-order valence-corrected chi connectivity index (χ2v) is 11.1. The van der Waals surface area contributed by atoms with Gasteiger partial charge in [-0.05, 0) is 56.6 Å². The molecule has 0 atom stereocenters. The van der Waals surface area contributed by atoms with Crippen LogP contribution >= 0.6 is 0 Å². The van der Waals surface area contributed by atoms with E-state index in [0.717, 1.165) is 50.0 Å². The fraction of sp³-hybridized carbons (Fsp3) is 0.323. The maximum atomic E-state index is 13.3. The first-order valence-corrected chi connectivity index (χ1v) is 13.6. The predicted octanol–water partition coefficient (Wildman–Crippen LogP) is 2.51. The van der Waals surface area contributed by atoms with Gasteiger partial charge in [-0.25, -0.2) is 9.97 Å². The molecule has 3 N–H and O–H groups in total. The van der Waals surface area contributed by atoms with E-state index in [2.05, 4.69) is 61.1 Å². The molecule has 4 aromatic rings. The summed E-state index contributed by atoms with van der Waals surface area (Å²) in [4.78, 5) is 42.1. The highest BCUT2D eigenvalue weighted by Crippen LogP contribution is 2.25. The SMILES string of the molecule is CN1CCN(Cc2ccc3nc(NC(=O)c4ccnc(C#Cc5cncc(O)c5C=O)c4)n(CC(C)(C)O)c3c2)CC1. The van der Waals surface area contributed by atoms with Crippen molar-refractivity contribution in [1.29, 1.82) is 0 Å². The van der Waals surface area contributed by atoms with Crippen LogP contribution in [0.3, 0.4) is 0 Å². The number of aromatic hydroxyl groups is 1. The first-order chi connectivity index (χ1) is 20.1. The molecule has 3 aromatic heterocycles. The van der Waals surface area contributed by atoms with E-state index >= 15 is 0 Å². The summed E-state index contributed by atoms with van der Waals surface area (Å²) >= 11 is 0. The number of hydrogen-bond donors (Lipinski definition) is 3. The van der Waals surface area contributed by atoms with Crippen molar-refractivity contribution in [3.05, 3.63) is 76.9 Å². The average molecular weight is 568 g/mol. The Morgan fingerprint density at radius 1 is 1.12 bits per heavy atom. The second-order valence-electron chi connectivity index (χ2n) is 11.1. The maximum Gasteiger partial charge on any atom is 0.258 e. The molecule has 216 valence electrons. The van der Waals surface area contributed by atoms with Crippen LogP contribution in [-0.2, 0) is 13.1 Å². The van der Waals surface area contributed by atoms with Crippen LogP contribution in [0.5, 0.6) is 5.75 Å². The fourth-order valence-corrected chi connectivity index (χ4v) is 4.80. The molecule has 5 rings (SSSR count). The largest absolute Gasteiger partial charge is 0.506 e. The minimum absolute atomic E-state index is 0.0313. The molecule has 1 fully saturated rings. The quantitative estimate of drug-likeness (QED) is 0.227. The molecular formula is C31H33N7O4. The van der Waals surface area contributed by atoms with Crippen LogP contribution in [0, 0.1) is 11.8 Å². The van der Waals surface area contributed by atoms with Crippen molar-refractivity contribution in [1.82, 2.24) is 29.3 Å². The molecule has 42 heavy (non-hydrogen) atoms. The van der Waals surface area contributed by atoms with Gasteiger partial charge in [0, 0.05) is 50.7 Å². The number of piperazine rings is 1. The number of imidazole rings is 1. The van der Waals surface area contributed by atoms with Gasteiger partial charge in [0.15, 0.2) is 6.29 Å². The molecule has 4 heterocycles. The van der Waals surface area contributed by atoms with Gasteiger partial charge in [-0.1, -0.05) is 12.0 Å². The number of aromatic nitrogens is 4. The van der Waals surface area contributed by atoms with Crippen LogP contribution in [-0.4, -0.2) is 90.6 Å². The number of fused-ring (bicyclic) bond motifs is 1. The zero-order valence-corrected chi connectivity index (χ0v) is 23.8. The minimum Gasteiger partial charge on any atom is -0.506 e. The Morgan fingerprint density at radius 3 is 2.64 bits per heavy atom. The van der Waals surface area contributed by atoms with Crippen molar-refractivity contribution in [2.75, 3.05) is 38.5 Å². The zero-order chi connectivity index (χ0) is 29.9. The molecule has 0 aliphatic carbocycles. The van der Waals surface area contributed by atoms with Crippen molar-refractivity contribution >= 4 is 29.2 Å². The number of hydrogen-bond acceptors (Lipinski definition) is 9. The number of likely N-dealkylation sites (N-methyl/N-ethyl adjacent to an activating group) is 1. The molecule has 1 aromatic carbocycles. The molecule has 1 aliphatic rings. The minimum atomic E-state index is -1.05. The van der Waals surface area contributed by atoms with Crippen molar-refractivity contribution in [2.45, 2.75) is 32.5 Å². The van der Waals surface area contributed by atoms with E-state index in [4.69, 9.17) is 0 Å².